The van der Waals surface area contributed by atoms with E-state index in [1.54, 1.807) is 27.7 Å². The third-order valence-electron chi connectivity index (χ3n) is 2.78. The van der Waals surface area contributed by atoms with Gasteiger partial charge in [-0.25, -0.2) is 4.79 Å². The fourth-order valence-corrected chi connectivity index (χ4v) is 2.02. The number of hydrogen-bond acceptors (Lipinski definition) is 6. The number of carboxylic acid groups (broad SMARTS) is 1. The average Bonchev–Trinajstić information content (AvgIpc) is 2.47. The van der Waals surface area contributed by atoms with Gasteiger partial charge in [-0.15, -0.1) is 0 Å². The number of hydrogen-bond donors (Lipinski definition) is 1. The van der Waals surface area contributed by atoms with Gasteiger partial charge < -0.3 is 14.6 Å². The third-order valence-corrected chi connectivity index (χ3v) is 3.18. The van der Waals surface area contributed by atoms with E-state index >= 15 is 0 Å². The lowest BCUT2D eigenvalue weighted by molar-refractivity contribution is -0.162. The van der Waals surface area contributed by atoms with Crippen molar-refractivity contribution in [3.63, 3.8) is 0 Å². The summed E-state index contributed by atoms with van der Waals surface area (Å²) in [5, 5.41) is 8.96. The molecule has 8 heteroatoms. The largest absolute Gasteiger partial charge is 0.478 e. The first kappa shape index (κ1) is 20.6. The van der Waals surface area contributed by atoms with Crippen molar-refractivity contribution < 1.29 is 29.0 Å². The second-order valence-corrected chi connectivity index (χ2v) is 6.05. The van der Waals surface area contributed by atoms with Gasteiger partial charge in [-0.3, -0.25) is 14.6 Å². The first-order valence-corrected chi connectivity index (χ1v) is 7.98. The van der Waals surface area contributed by atoms with E-state index in [2.05, 4.69) is 4.99 Å². The van der Waals surface area contributed by atoms with Gasteiger partial charge in [0.1, 0.15) is 0 Å². The van der Waals surface area contributed by atoms with Crippen molar-refractivity contribution in [1.82, 2.24) is 0 Å². The zero-order valence-corrected chi connectivity index (χ0v) is 15.1. The first-order chi connectivity index (χ1) is 11.6. The maximum Gasteiger partial charge on any atom is 0.337 e. The topological polar surface area (TPSA) is 102 Å². The van der Waals surface area contributed by atoms with Crippen LogP contribution >= 0.6 is 11.6 Å². The molecule has 7 nitrogen and oxygen atoms in total. The van der Waals surface area contributed by atoms with Gasteiger partial charge in [0.25, 0.3) is 0 Å². The van der Waals surface area contributed by atoms with E-state index in [0.29, 0.717) is 0 Å². The first-order valence-electron chi connectivity index (χ1n) is 7.60. The number of carboxylic acids is 1. The highest BCUT2D eigenvalue weighted by Crippen LogP contribution is 2.28. The van der Waals surface area contributed by atoms with Crippen molar-refractivity contribution in [2.75, 3.05) is 0 Å². The highest BCUT2D eigenvalue weighted by atomic mass is 35.5. The zero-order valence-electron chi connectivity index (χ0n) is 14.4. The monoisotopic (exact) mass is 369 g/mol. The van der Waals surface area contributed by atoms with Crippen LogP contribution in [-0.4, -0.2) is 41.4 Å². The molecule has 0 amide bonds. The molecule has 0 fully saturated rings. The van der Waals surface area contributed by atoms with Crippen molar-refractivity contribution in [2.24, 2.45) is 10.9 Å². The van der Waals surface area contributed by atoms with Crippen molar-refractivity contribution in [1.29, 1.82) is 0 Å². The average molecular weight is 370 g/mol. The van der Waals surface area contributed by atoms with Gasteiger partial charge in [-0.2, -0.15) is 0 Å². The molecule has 0 unspecified atom stereocenters. The van der Waals surface area contributed by atoms with Crippen LogP contribution in [0.1, 0.15) is 38.1 Å². The number of esters is 2. The molecular weight excluding hydrogens is 350 g/mol. The Kier molecular flexibility index (Phi) is 7.57. The smallest absolute Gasteiger partial charge is 0.337 e. The Morgan fingerprint density at radius 1 is 1.08 bits per heavy atom. The minimum Gasteiger partial charge on any atom is -0.478 e. The number of halogens is 1. The highest BCUT2D eigenvalue weighted by molar-refractivity contribution is 6.36. The number of carbonyl (C=O) groups excluding carboxylic acids is 2. The zero-order chi connectivity index (χ0) is 19.1. The molecule has 0 aromatic heterocycles. The maximum absolute atomic E-state index is 12.1. The van der Waals surface area contributed by atoms with Crippen LogP contribution in [0, 0.1) is 5.92 Å². The molecule has 25 heavy (non-hydrogen) atoms. The third kappa shape index (κ3) is 6.19. The summed E-state index contributed by atoms with van der Waals surface area (Å²) in [5.74, 6) is -4.21. The molecule has 0 radical (unpaired) electrons. The molecule has 0 saturated carbocycles. The summed E-state index contributed by atoms with van der Waals surface area (Å²) in [6.07, 6.45) is 0.200. The van der Waals surface area contributed by atoms with Gasteiger partial charge in [0, 0.05) is 6.21 Å². The minimum atomic E-state index is -1.38. The van der Waals surface area contributed by atoms with Crippen LogP contribution in [0.2, 0.25) is 5.02 Å². The van der Waals surface area contributed by atoms with E-state index in [4.69, 9.17) is 26.2 Å². The predicted octanol–water partition coefficient (Wildman–Crippen LogP) is 3.26. The van der Waals surface area contributed by atoms with Crippen LogP contribution in [0.15, 0.2) is 23.2 Å². The highest BCUT2D eigenvalue weighted by Gasteiger charge is 2.29. The van der Waals surface area contributed by atoms with Gasteiger partial charge in [0.15, 0.2) is 5.92 Å². The molecule has 0 atom stereocenters. The van der Waals surface area contributed by atoms with Gasteiger partial charge in [-0.05, 0) is 39.8 Å². The molecule has 0 heterocycles. The van der Waals surface area contributed by atoms with E-state index in [1.807, 2.05) is 0 Å². The Hall–Kier alpha value is -2.41. The van der Waals surface area contributed by atoms with E-state index < -0.39 is 36.0 Å². The summed E-state index contributed by atoms with van der Waals surface area (Å²) in [5.41, 5.74) is -0.0244. The molecule has 0 saturated heterocycles. The van der Waals surface area contributed by atoms with Crippen LogP contribution in [0.5, 0.6) is 0 Å². The number of rotatable bonds is 7. The van der Waals surface area contributed by atoms with Crippen molar-refractivity contribution in [2.45, 2.75) is 39.9 Å². The molecule has 0 bridgehead atoms. The van der Waals surface area contributed by atoms with Crippen molar-refractivity contribution in [3.05, 3.63) is 28.8 Å². The van der Waals surface area contributed by atoms with Crippen LogP contribution in [0.4, 0.5) is 5.69 Å². The summed E-state index contributed by atoms with van der Waals surface area (Å²) in [7, 11) is 0. The molecule has 136 valence electrons. The molecule has 1 aromatic rings. The van der Waals surface area contributed by atoms with E-state index in [1.165, 1.54) is 18.2 Å². The number of ether oxygens (including phenoxy) is 2. The van der Waals surface area contributed by atoms with E-state index in [9.17, 15) is 14.4 Å². The van der Waals surface area contributed by atoms with Crippen molar-refractivity contribution >= 4 is 41.4 Å². The standard InChI is InChI=1S/C17H20ClNO6/c1-9(2)24-16(22)12(17(23)25-10(3)4)8-19-13-7-5-6-11(14(13)18)15(20)21/h5-10,12H,1-4H3,(H,20,21). The molecule has 1 rings (SSSR count). The Morgan fingerprint density at radius 2 is 1.60 bits per heavy atom. The van der Waals surface area contributed by atoms with Gasteiger partial charge in [-0.1, -0.05) is 17.7 Å². The second kappa shape index (κ2) is 9.17. The number of benzene rings is 1. The lowest BCUT2D eigenvalue weighted by Crippen LogP contribution is -2.32. The Balaban J connectivity index is 3.14. The quantitative estimate of drug-likeness (QED) is 0.449. The second-order valence-electron chi connectivity index (χ2n) is 5.67. The van der Waals surface area contributed by atoms with Crippen LogP contribution in [0.25, 0.3) is 0 Å². The van der Waals surface area contributed by atoms with Crippen LogP contribution in [0.3, 0.4) is 0 Å². The lowest BCUT2D eigenvalue weighted by atomic mass is 10.1. The van der Waals surface area contributed by atoms with Gasteiger partial charge >= 0.3 is 17.9 Å². The van der Waals surface area contributed by atoms with Gasteiger partial charge in [0.2, 0.25) is 0 Å². The summed E-state index contributed by atoms with van der Waals surface area (Å²) in [4.78, 5) is 39.3. The summed E-state index contributed by atoms with van der Waals surface area (Å²) >= 11 is 5.99. The van der Waals surface area contributed by atoms with Gasteiger partial charge in [0.05, 0.1) is 28.5 Å². The Bertz CT molecular complexity index is 662. The molecule has 0 spiro atoms. The van der Waals surface area contributed by atoms with E-state index in [-0.39, 0.29) is 16.3 Å². The minimum absolute atomic E-state index is 0.0977. The summed E-state index contributed by atoms with van der Waals surface area (Å²) in [6.45, 7) is 6.58. The maximum atomic E-state index is 12.1. The molecule has 0 aliphatic heterocycles. The number of nitrogens with zero attached hydrogens (tertiary/aromatic N) is 1. The van der Waals surface area contributed by atoms with Crippen molar-refractivity contribution in [3.8, 4) is 0 Å². The normalized spacial score (nSPS) is 11.4. The SMILES string of the molecule is CC(C)OC(=O)C(C=Nc1cccc(C(=O)O)c1Cl)C(=O)OC(C)C. The lowest BCUT2D eigenvalue weighted by Gasteiger charge is -2.15. The molecule has 0 aliphatic rings. The Labute approximate surface area is 150 Å². The van der Waals surface area contributed by atoms with E-state index in [0.717, 1.165) is 6.21 Å². The van der Waals surface area contributed by atoms with Crippen LogP contribution < -0.4 is 0 Å². The molecule has 0 aliphatic carbocycles. The number of aromatic carboxylic acids is 1. The molecule has 1 N–H and O–H groups in total. The summed E-state index contributed by atoms with van der Waals surface area (Å²) < 4.78 is 10.1. The molecule has 1 aromatic carbocycles. The Morgan fingerprint density at radius 3 is 2.04 bits per heavy atom. The fraction of sp³-hybridized carbons (Fsp3) is 0.412. The molecular formula is C17H20ClNO6. The number of aliphatic imine (C=N–C) groups is 1. The van der Waals surface area contributed by atoms with Crippen LogP contribution in [-0.2, 0) is 19.1 Å². The summed E-state index contributed by atoms with van der Waals surface area (Å²) in [6, 6.07) is 4.24. The predicted molar refractivity (Wildman–Crippen MR) is 92.5 cm³/mol. The fourth-order valence-electron chi connectivity index (χ4n) is 1.77. The number of carbonyl (C=O) groups is 3.